The van der Waals surface area contributed by atoms with E-state index in [4.69, 9.17) is 4.74 Å². The van der Waals surface area contributed by atoms with Crippen molar-refractivity contribution < 1.29 is 9.53 Å². The van der Waals surface area contributed by atoms with E-state index in [0.29, 0.717) is 5.75 Å². The normalized spacial score (nSPS) is 9.40. The van der Waals surface area contributed by atoms with Gasteiger partial charge in [0, 0.05) is 18.4 Å². The summed E-state index contributed by atoms with van der Waals surface area (Å²) in [6.45, 7) is 1.38. The van der Waals surface area contributed by atoms with Crippen LogP contribution >= 0.6 is 27.3 Å². The molecule has 10 heavy (non-hydrogen) atoms. The molecule has 0 radical (unpaired) electrons. The molecular weight excluding hydrogens is 216 g/mol. The minimum absolute atomic E-state index is 0.287. The van der Waals surface area contributed by atoms with Crippen molar-refractivity contribution >= 4 is 33.2 Å². The Balaban J connectivity index is 2.67. The van der Waals surface area contributed by atoms with Crippen LogP contribution < -0.4 is 4.74 Å². The lowest BCUT2D eigenvalue weighted by Crippen LogP contribution is -1.99. The summed E-state index contributed by atoms with van der Waals surface area (Å²) in [6, 6.07) is 1.76. The fourth-order valence-corrected chi connectivity index (χ4v) is 1.55. The third-order valence-corrected chi connectivity index (χ3v) is 2.29. The monoisotopic (exact) mass is 220 g/mol. The minimum Gasteiger partial charge on any atom is -0.426 e. The van der Waals surface area contributed by atoms with Gasteiger partial charge in [0.25, 0.3) is 0 Å². The standard InChI is InChI=1S/C6H5BrO2S/c1-4(8)9-5-2-6(7)10-3-5/h2-3H,1H3. The molecule has 2 nitrogen and oxygen atoms in total. The molecule has 0 unspecified atom stereocenters. The maximum absolute atomic E-state index is 10.4. The molecule has 4 heteroatoms. The van der Waals surface area contributed by atoms with Crippen molar-refractivity contribution in [3.63, 3.8) is 0 Å². The van der Waals surface area contributed by atoms with Gasteiger partial charge in [0.2, 0.25) is 0 Å². The van der Waals surface area contributed by atoms with Gasteiger partial charge >= 0.3 is 5.97 Å². The highest BCUT2D eigenvalue weighted by Gasteiger charge is 1.99. The van der Waals surface area contributed by atoms with Gasteiger partial charge < -0.3 is 4.74 Å². The van der Waals surface area contributed by atoms with Crippen molar-refractivity contribution in [2.45, 2.75) is 6.92 Å². The highest BCUT2D eigenvalue weighted by atomic mass is 79.9. The van der Waals surface area contributed by atoms with Gasteiger partial charge in [0.05, 0.1) is 3.79 Å². The van der Waals surface area contributed by atoms with Crippen LogP contribution in [-0.2, 0) is 4.79 Å². The average Bonchev–Trinajstić information content (AvgIpc) is 2.13. The van der Waals surface area contributed by atoms with E-state index in [1.54, 1.807) is 11.4 Å². The predicted octanol–water partition coefficient (Wildman–Crippen LogP) is 2.44. The molecule has 0 amide bonds. The van der Waals surface area contributed by atoms with E-state index in [0.717, 1.165) is 3.79 Å². The van der Waals surface area contributed by atoms with Gasteiger partial charge in [-0.05, 0) is 15.9 Å². The molecule has 1 aromatic rings. The molecule has 0 saturated heterocycles. The number of rotatable bonds is 1. The highest BCUT2D eigenvalue weighted by Crippen LogP contribution is 2.26. The fraction of sp³-hybridized carbons (Fsp3) is 0.167. The Bertz CT molecular complexity index is 244. The molecule has 0 bridgehead atoms. The van der Waals surface area contributed by atoms with Crippen LogP contribution in [0.25, 0.3) is 0 Å². The first-order chi connectivity index (χ1) is 4.68. The maximum Gasteiger partial charge on any atom is 0.308 e. The third-order valence-electron chi connectivity index (χ3n) is 0.805. The van der Waals surface area contributed by atoms with Crippen LogP contribution in [0.4, 0.5) is 0 Å². The van der Waals surface area contributed by atoms with Crippen LogP contribution in [0.2, 0.25) is 0 Å². The quantitative estimate of drug-likeness (QED) is 0.680. The second-order valence-electron chi connectivity index (χ2n) is 1.68. The maximum atomic E-state index is 10.4. The second-order valence-corrected chi connectivity index (χ2v) is 3.97. The molecule has 0 fully saturated rings. The summed E-state index contributed by atoms with van der Waals surface area (Å²) in [6.07, 6.45) is 0. The summed E-state index contributed by atoms with van der Waals surface area (Å²) in [5.74, 6) is 0.315. The third kappa shape index (κ3) is 2.11. The highest BCUT2D eigenvalue weighted by molar-refractivity contribution is 9.11. The number of halogens is 1. The van der Waals surface area contributed by atoms with E-state index < -0.39 is 0 Å². The first-order valence-electron chi connectivity index (χ1n) is 2.61. The average molecular weight is 221 g/mol. The zero-order chi connectivity index (χ0) is 7.56. The molecular formula is C6H5BrO2S. The lowest BCUT2D eigenvalue weighted by Gasteiger charge is -1.92. The van der Waals surface area contributed by atoms with Crippen molar-refractivity contribution in [3.05, 3.63) is 15.2 Å². The summed E-state index contributed by atoms with van der Waals surface area (Å²) < 4.78 is 5.74. The number of hydrogen-bond acceptors (Lipinski definition) is 3. The molecule has 1 heterocycles. The number of carbonyl (C=O) groups excluding carboxylic acids is 1. The first-order valence-corrected chi connectivity index (χ1v) is 4.28. The zero-order valence-electron chi connectivity index (χ0n) is 5.26. The van der Waals surface area contributed by atoms with Crippen molar-refractivity contribution in [1.29, 1.82) is 0 Å². The van der Waals surface area contributed by atoms with Crippen LogP contribution in [0.5, 0.6) is 5.75 Å². The summed E-state index contributed by atoms with van der Waals surface area (Å²) in [5, 5.41) is 1.77. The van der Waals surface area contributed by atoms with Crippen LogP contribution in [0.15, 0.2) is 15.2 Å². The van der Waals surface area contributed by atoms with Crippen LogP contribution in [0.3, 0.4) is 0 Å². The van der Waals surface area contributed by atoms with Crippen molar-refractivity contribution in [3.8, 4) is 5.75 Å². The molecule has 0 N–H and O–H groups in total. The molecule has 0 saturated carbocycles. The van der Waals surface area contributed by atoms with Crippen molar-refractivity contribution in [2.24, 2.45) is 0 Å². The van der Waals surface area contributed by atoms with E-state index in [9.17, 15) is 4.79 Å². The van der Waals surface area contributed by atoms with Gasteiger partial charge in [-0.1, -0.05) is 0 Å². The van der Waals surface area contributed by atoms with Crippen LogP contribution in [0, 0.1) is 0 Å². The zero-order valence-corrected chi connectivity index (χ0v) is 7.66. The molecule has 0 aromatic carbocycles. The van der Waals surface area contributed by atoms with Gasteiger partial charge in [-0.25, -0.2) is 0 Å². The van der Waals surface area contributed by atoms with Crippen LogP contribution in [-0.4, -0.2) is 5.97 Å². The fourth-order valence-electron chi connectivity index (χ4n) is 0.514. The number of esters is 1. The molecule has 1 rings (SSSR count). The van der Waals surface area contributed by atoms with Gasteiger partial charge in [-0.15, -0.1) is 11.3 Å². The van der Waals surface area contributed by atoms with Crippen molar-refractivity contribution in [2.75, 3.05) is 0 Å². The lowest BCUT2D eigenvalue weighted by atomic mass is 10.6. The lowest BCUT2D eigenvalue weighted by molar-refractivity contribution is -0.131. The Hall–Kier alpha value is -0.350. The summed E-state index contributed by atoms with van der Waals surface area (Å²) in [4.78, 5) is 10.4. The predicted molar refractivity (Wildman–Crippen MR) is 43.3 cm³/mol. The molecule has 0 aliphatic heterocycles. The topological polar surface area (TPSA) is 26.3 Å². The summed E-state index contributed by atoms with van der Waals surface area (Å²) in [7, 11) is 0. The number of ether oxygens (including phenoxy) is 1. The van der Waals surface area contributed by atoms with E-state index in [1.165, 1.54) is 18.3 Å². The molecule has 0 aliphatic carbocycles. The Labute approximate surface area is 70.9 Å². The Kier molecular flexibility index (Phi) is 2.45. The van der Waals surface area contributed by atoms with Crippen LogP contribution in [0.1, 0.15) is 6.92 Å². The molecule has 0 spiro atoms. The Morgan fingerprint density at radius 1 is 1.80 bits per heavy atom. The first kappa shape index (κ1) is 7.75. The van der Waals surface area contributed by atoms with Gasteiger partial charge in [-0.2, -0.15) is 0 Å². The minimum atomic E-state index is -0.287. The molecule has 1 aromatic heterocycles. The SMILES string of the molecule is CC(=O)Oc1csc(Br)c1. The van der Waals surface area contributed by atoms with E-state index >= 15 is 0 Å². The smallest absolute Gasteiger partial charge is 0.308 e. The molecule has 0 atom stereocenters. The van der Waals surface area contributed by atoms with Gasteiger partial charge in [-0.3, -0.25) is 4.79 Å². The van der Waals surface area contributed by atoms with E-state index in [-0.39, 0.29) is 5.97 Å². The summed E-state index contributed by atoms with van der Waals surface area (Å²) >= 11 is 4.74. The number of hydrogen-bond donors (Lipinski definition) is 0. The molecule has 54 valence electrons. The van der Waals surface area contributed by atoms with E-state index in [2.05, 4.69) is 15.9 Å². The number of carbonyl (C=O) groups is 1. The Morgan fingerprint density at radius 2 is 2.50 bits per heavy atom. The summed E-state index contributed by atoms with van der Waals surface area (Å²) in [5.41, 5.74) is 0. The largest absolute Gasteiger partial charge is 0.426 e. The number of thiophene rings is 1. The van der Waals surface area contributed by atoms with Gasteiger partial charge in [0.1, 0.15) is 5.75 Å². The van der Waals surface area contributed by atoms with Crippen molar-refractivity contribution in [1.82, 2.24) is 0 Å². The van der Waals surface area contributed by atoms with Gasteiger partial charge in [0.15, 0.2) is 0 Å². The second kappa shape index (κ2) is 3.16. The van der Waals surface area contributed by atoms with E-state index in [1.807, 2.05) is 0 Å². The Morgan fingerprint density at radius 3 is 2.90 bits per heavy atom. The molecule has 0 aliphatic rings.